The van der Waals surface area contributed by atoms with Gasteiger partial charge in [0.25, 0.3) is 5.91 Å². The van der Waals surface area contributed by atoms with Crippen molar-refractivity contribution in [1.82, 2.24) is 15.1 Å². The summed E-state index contributed by atoms with van der Waals surface area (Å²) < 4.78 is 5.76. The standard InChI is InChI=1S/C20H31N3O3/c1-4-5-9-21-18(24)14-22-10-12-23(13-11-22)19(25)15-26-20-16(2)7-6-8-17(20)3/h6-8H,4-5,9-15H2,1-3H3,(H,21,24). The van der Waals surface area contributed by atoms with Gasteiger partial charge in [0.15, 0.2) is 6.61 Å². The molecule has 1 N–H and O–H groups in total. The summed E-state index contributed by atoms with van der Waals surface area (Å²) in [6.45, 7) is 9.99. The lowest BCUT2D eigenvalue weighted by Crippen LogP contribution is -2.52. The van der Waals surface area contributed by atoms with E-state index in [-0.39, 0.29) is 18.4 Å². The summed E-state index contributed by atoms with van der Waals surface area (Å²) in [5, 5.41) is 2.93. The molecule has 1 aromatic rings. The highest BCUT2D eigenvalue weighted by atomic mass is 16.5. The van der Waals surface area contributed by atoms with Crippen LogP contribution in [-0.2, 0) is 9.59 Å². The summed E-state index contributed by atoms with van der Waals surface area (Å²) in [4.78, 5) is 28.2. The van der Waals surface area contributed by atoms with E-state index < -0.39 is 0 Å². The molecule has 0 radical (unpaired) electrons. The Kier molecular flexibility index (Phi) is 7.91. The Morgan fingerprint density at radius 3 is 2.38 bits per heavy atom. The molecule has 1 fully saturated rings. The summed E-state index contributed by atoms with van der Waals surface area (Å²) in [6, 6.07) is 5.95. The number of hydrogen-bond acceptors (Lipinski definition) is 4. The summed E-state index contributed by atoms with van der Waals surface area (Å²) in [5.41, 5.74) is 2.08. The molecule has 26 heavy (non-hydrogen) atoms. The molecule has 144 valence electrons. The van der Waals surface area contributed by atoms with Crippen LogP contribution in [0.4, 0.5) is 0 Å². The maximum Gasteiger partial charge on any atom is 0.260 e. The van der Waals surface area contributed by atoms with Gasteiger partial charge in [-0.05, 0) is 31.4 Å². The van der Waals surface area contributed by atoms with Crippen molar-refractivity contribution in [2.75, 3.05) is 45.9 Å². The quantitative estimate of drug-likeness (QED) is 0.717. The van der Waals surface area contributed by atoms with E-state index in [0.29, 0.717) is 19.6 Å². The second-order valence-corrected chi connectivity index (χ2v) is 6.87. The summed E-state index contributed by atoms with van der Waals surface area (Å²) >= 11 is 0. The first-order valence-corrected chi connectivity index (χ1v) is 9.47. The van der Waals surface area contributed by atoms with Crippen LogP contribution in [0.5, 0.6) is 5.75 Å². The first-order valence-electron chi connectivity index (χ1n) is 9.47. The molecule has 0 aliphatic carbocycles. The van der Waals surface area contributed by atoms with Crippen molar-refractivity contribution in [2.45, 2.75) is 33.6 Å². The molecule has 0 saturated carbocycles. The molecule has 0 atom stereocenters. The molecule has 1 aromatic carbocycles. The Bertz CT molecular complexity index is 590. The number of aryl methyl sites for hydroxylation is 2. The number of carbonyl (C=O) groups is 2. The maximum atomic E-state index is 12.4. The van der Waals surface area contributed by atoms with Gasteiger partial charge < -0.3 is 15.0 Å². The normalized spacial score (nSPS) is 15.0. The Morgan fingerprint density at radius 1 is 1.12 bits per heavy atom. The minimum atomic E-state index is -0.000277. The molecule has 1 aliphatic heterocycles. The lowest BCUT2D eigenvalue weighted by atomic mass is 10.1. The monoisotopic (exact) mass is 361 g/mol. The lowest BCUT2D eigenvalue weighted by Gasteiger charge is -2.34. The number of benzene rings is 1. The third kappa shape index (κ3) is 6.02. The molecule has 0 bridgehead atoms. The van der Waals surface area contributed by atoms with Crippen molar-refractivity contribution in [3.63, 3.8) is 0 Å². The number of piperazine rings is 1. The predicted octanol–water partition coefficient (Wildman–Crippen LogP) is 1.74. The van der Waals surface area contributed by atoms with Crippen LogP contribution >= 0.6 is 0 Å². The van der Waals surface area contributed by atoms with Crippen molar-refractivity contribution in [3.8, 4) is 5.75 Å². The highest BCUT2D eigenvalue weighted by Crippen LogP contribution is 2.22. The topological polar surface area (TPSA) is 61.9 Å². The number of hydrogen-bond donors (Lipinski definition) is 1. The second kappa shape index (κ2) is 10.2. The van der Waals surface area contributed by atoms with Gasteiger partial charge in [-0.1, -0.05) is 31.5 Å². The minimum Gasteiger partial charge on any atom is -0.483 e. The molecule has 6 nitrogen and oxygen atoms in total. The van der Waals surface area contributed by atoms with Crippen LogP contribution in [-0.4, -0.2) is 67.5 Å². The maximum absolute atomic E-state index is 12.4. The molecular weight excluding hydrogens is 330 g/mol. The zero-order chi connectivity index (χ0) is 18.9. The molecule has 1 aliphatic rings. The van der Waals surface area contributed by atoms with Crippen molar-refractivity contribution in [2.24, 2.45) is 0 Å². The van der Waals surface area contributed by atoms with Crippen LogP contribution in [0.15, 0.2) is 18.2 Å². The van der Waals surface area contributed by atoms with E-state index in [2.05, 4.69) is 17.1 Å². The fraction of sp³-hybridized carbons (Fsp3) is 0.600. The minimum absolute atomic E-state index is 0.000277. The zero-order valence-corrected chi connectivity index (χ0v) is 16.2. The molecule has 2 amide bonds. The van der Waals surface area contributed by atoms with Crippen molar-refractivity contribution >= 4 is 11.8 Å². The SMILES string of the molecule is CCCCNC(=O)CN1CCN(C(=O)COc2c(C)cccc2C)CC1. The fourth-order valence-electron chi connectivity index (χ4n) is 3.07. The molecule has 0 spiro atoms. The largest absolute Gasteiger partial charge is 0.483 e. The summed E-state index contributed by atoms with van der Waals surface area (Å²) in [5.74, 6) is 0.861. The Morgan fingerprint density at radius 2 is 1.77 bits per heavy atom. The van der Waals surface area contributed by atoms with E-state index in [0.717, 1.165) is 49.4 Å². The molecule has 1 heterocycles. The molecular formula is C20H31N3O3. The highest BCUT2D eigenvalue weighted by Gasteiger charge is 2.22. The van der Waals surface area contributed by atoms with Gasteiger partial charge in [0.05, 0.1) is 6.54 Å². The van der Waals surface area contributed by atoms with Crippen LogP contribution in [0.25, 0.3) is 0 Å². The van der Waals surface area contributed by atoms with E-state index in [1.165, 1.54) is 0 Å². The highest BCUT2D eigenvalue weighted by molar-refractivity contribution is 5.79. The van der Waals surface area contributed by atoms with Crippen molar-refractivity contribution in [3.05, 3.63) is 29.3 Å². The van der Waals surface area contributed by atoms with Gasteiger partial charge in [0.2, 0.25) is 5.91 Å². The zero-order valence-electron chi connectivity index (χ0n) is 16.2. The van der Waals surface area contributed by atoms with Gasteiger partial charge in [-0.3, -0.25) is 14.5 Å². The predicted molar refractivity (Wildman–Crippen MR) is 102 cm³/mol. The smallest absolute Gasteiger partial charge is 0.260 e. The van der Waals surface area contributed by atoms with E-state index in [1.54, 1.807) is 0 Å². The molecule has 1 saturated heterocycles. The Labute approximate surface area is 156 Å². The second-order valence-electron chi connectivity index (χ2n) is 6.87. The number of nitrogens with zero attached hydrogens (tertiary/aromatic N) is 2. The molecule has 6 heteroatoms. The van der Waals surface area contributed by atoms with E-state index in [1.807, 2.05) is 36.9 Å². The summed E-state index contributed by atoms with van der Waals surface area (Å²) in [6.07, 6.45) is 2.08. The van der Waals surface area contributed by atoms with E-state index in [4.69, 9.17) is 4.74 Å². The molecule has 2 rings (SSSR count). The fourth-order valence-corrected chi connectivity index (χ4v) is 3.07. The first kappa shape index (κ1) is 20.2. The van der Waals surface area contributed by atoms with Gasteiger partial charge in [-0.2, -0.15) is 0 Å². The number of nitrogens with one attached hydrogen (secondary N) is 1. The third-order valence-electron chi connectivity index (χ3n) is 4.69. The summed E-state index contributed by atoms with van der Waals surface area (Å²) in [7, 11) is 0. The van der Waals surface area contributed by atoms with Gasteiger partial charge >= 0.3 is 0 Å². The van der Waals surface area contributed by atoms with Crippen LogP contribution in [0.1, 0.15) is 30.9 Å². The van der Waals surface area contributed by atoms with E-state index >= 15 is 0 Å². The van der Waals surface area contributed by atoms with Crippen LogP contribution in [0.3, 0.4) is 0 Å². The first-order chi connectivity index (χ1) is 12.5. The lowest BCUT2D eigenvalue weighted by molar-refractivity contribution is -0.135. The number of ether oxygens (including phenoxy) is 1. The van der Waals surface area contributed by atoms with Crippen molar-refractivity contribution < 1.29 is 14.3 Å². The van der Waals surface area contributed by atoms with Crippen LogP contribution in [0, 0.1) is 13.8 Å². The Hall–Kier alpha value is -2.08. The molecule has 0 unspecified atom stereocenters. The molecule has 0 aromatic heterocycles. The van der Waals surface area contributed by atoms with Gasteiger partial charge in [-0.25, -0.2) is 0 Å². The van der Waals surface area contributed by atoms with Gasteiger partial charge in [-0.15, -0.1) is 0 Å². The number of rotatable bonds is 8. The van der Waals surface area contributed by atoms with Gasteiger partial charge in [0, 0.05) is 32.7 Å². The van der Waals surface area contributed by atoms with Crippen LogP contribution in [0.2, 0.25) is 0 Å². The average molecular weight is 361 g/mol. The number of amides is 2. The van der Waals surface area contributed by atoms with Crippen LogP contribution < -0.4 is 10.1 Å². The average Bonchev–Trinajstić information content (AvgIpc) is 2.62. The van der Waals surface area contributed by atoms with Crippen molar-refractivity contribution in [1.29, 1.82) is 0 Å². The van der Waals surface area contributed by atoms with Gasteiger partial charge in [0.1, 0.15) is 5.75 Å². The Balaban J connectivity index is 1.72. The number of para-hydroxylation sites is 1. The third-order valence-corrected chi connectivity index (χ3v) is 4.69. The number of carbonyl (C=O) groups excluding carboxylic acids is 2. The number of unbranched alkanes of at least 4 members (excludes halogenated alkanes) is 1. The van der Waals surface area contributed by atoms with E-state index in [9.17, 15) is 9.59 Å².